The zero-order valence-corrected chi connectivity index (χ0v) is 13.8. The summed E-state index contributed by atoms with van der Waals surface area (Å²) in [7, 11) is 0. The molecular weight excluding hydrogens is 313 g/mol. The van der Waals surface area contributed by atoms with Crippen LogP contribution in [0, 0.1) is 11.7 Å². The lowest BCUT2D eigenvalue weighted by Crippen LogP contribution is -2.40. The lowest BCUT2D eigenvalue weighted by atomic mass is 9.93. The number of nitrogens with zero attached hydrogens (tertiary/aromatic N) is 1. The molecular formula is C17H20FN3OS. The highest BCUT2D eigenvalue weighted by Gasteiger charge is 2.25. The van der Waals surface area contributed by atoms with E-state index in [-0.39, 0.29) is 17.6 Å². The van der Waals surface area contributed by atoms with E-state index in [1.54, 1.807) is 12.3 Å². The molecule has 0 unspecified atom stereocenters. The Kier molecular flexibility index (Phi) is 5.03. The van der Waals surface area contributed by atoms with Crippen molar-refractivity contribution in [3.8, 4) is 0 Å². The van der Waals surface area contributed by atoms with E-state index in [1.807, 2.05) is 6.07 Å². The maximum absolute atomic E-state index is 13.2. The number of amides is 1. The second-order valence-electron chi connectivity index (χ2n) is 6.00. The summed E-state index contributed by atoms with van der Waals surface area (Å²) in [6, 6.07) is 6.92. The number of halogens is 1. The van der Waals surface area contributed by atoms with Crippen molar-refractivity contribution in [2.75, 3.05) is 11.9 Å². The molecule has 2 aromatic rings. The van der Waals surface area contributed by atoms with Crippen LogP contribution in [0.3, 0.4) is 0 Å². The summed E-state index contributed by atoms with van der Waals surface area (Å²) >= 11 is 1.45. The summed E-state index contributed by atoms with van der Waals surface area (Å²) in [5.41, 5.74) is 0.902. The number of benzene rings is 1. The van der Waals surface area contributed by atoms with Crippen LogP contribution in [0.5, 0.6) is 0 Å². The molecule has 23 heavy (non-hydrogen) atoms. The summed E-state index contributed by atoms with van der Waals surface area (Å²) < 4.78 is 13.2. The Labute approximate surface area is 139 Å². The van der Waals surface area contributed by atoms with E-state index in [2.05, 4.69) is 22.5 Å². The van der Waals surface area contributed by atoms with Gasteiger partial charge in [0.25, 0.3) is 0 Å². The van der Waals surface area contributed by atoms with Crippen LogP contribution in [-0.4, -0.2) is 23.5 Å². The van der Waals surface area contributed by atoms with Crippen molar-refractivity contribution in [3.05, 3.63) is 46.7 Å². The van der Waals surface area contributed by atoms with Gasteiger partial charge in [-0.05, 0) is 44.0 Å². The molecule has 122 valence electrons. The maximum atomic E-state index is 13.2. The molecule has 0 aliphatic carbocycles. The number of hydrogen-bond acceptors (Lipinski definition) is 4. The molecule has 0 radical (unpaired) electrons. The fourth-order valence-electron chi connectivity index (χ4n) is 2.87. The summed E-state index contributed by atoms with van der Waals surface area (Å²) in [5.74, 6) is -0.146. The van der Waals surface area contributed by atoms with Crippen molar-refractivity contribution in [2.24, 2.45) is 5.92 Å². The molecule has 2 heterocycles. The quantitative estimate of drug-likeness (QED) is 0.903. The molecule has 1 aromatic heterocycles. The van der Waals surface area contributed by atoms with E-state index in [9.17, 15) is 9.18 Å². The van der Waals surface area contributed by atoms with Crippen molar-refractivity contribution < 1.29 is 9.18 Å². The largest absolute Gasteiger partial charge is 0.314 e. The van der Waals surface area contributed by atoms with Crippen molar-refractivity contribution >= 4 is 22.4 Å². The smallest absolute Gasteiger partial charge is 0.229 e. The summed E-state index contributed by atoms with van der Waals surface area (Å²) in [5, 5.41) is 6.88. The molecule has 1 fully saturated rings. The number of carbonyl (C=O) groups is 1. The highest BCUT2D eigenvalue weighted by atomic mass is 32.1. The Bertz CT molecular complexity index is 688. The fraction of sp³-hybridized carbons (Fsp3) is 0.412. The Morgan fingerprint density at radius 2 is 2.39 bits per heavy atom. The van der Waals surface area contributed by atoms with E-state index in [0.717, 1.165) is 29.8 Å². The minimum atomic E-state index is -0.236. The predicted molar refractivity (Wildman–Crippen MR) is 90.1 cm³/mol. The number of hydrogen-bond donors (Lipinski definition) is 2. The number of rotatable bonds is 4. The first-order valence-corrected chi connectivity index (χ1v) is 8.65. The molecule has 2 atom stereocenters. The van der Waals surface area contributed by atoms with Crippen molar-refractivity contribution in [3.63, 3.8) is 0 Å². The Morgan fingerprint density at radius 3 is 3.17 bits per heavy atom. The van der Waals surface area contributed by atoms with Gasteiger partial charge in [0.2, 0.25) is 5.91 Å². The maximum Gasteiger partial charge on any atom is 0.229 e. The second kappa shape index (κ2) is 7.19. The van der Waals surface area contributed by atoms with Gasteiger partial charge in [-0.2, -0.15) is 0 Å². The average Bonchev–Trinajstić information content (AvgIpc) is 2.94. The van der Waals surface area contributed by atoms with Gasteiger partial charge in [-0.25, -0.2) is 9.37 Å². The third kappa shape index (κ3) is 4.36. The van der Waals surface area contributed by atoms with Crippen LogP contribution in [-0.2, 0) is 11.2 Å². The van der Waals surface area contributed by atoms with Gasteiger partial charge in [-0.3, -0.25) is 4.79 Å². The van der Waals surface area contributed by atoms with Crippen molar-refractivity contribution in [1.82, 2.24) is 10.3 Å². The van der Waals surface area contributed by atoms with E-state index >= 15 is 0 Å². The van der Waals surface area contributed by atoms with E-state index < -0.39 is 0 Å². The van der Waals surface area contributed by atoms with Crippen LogP contribution < -0.4 is 10.6 Å². The molecule has 1 aromatic carbocycles. The molecule has 2 N–H and O–H groups in total. The van der Waals surface area contributed by atoms with Crippen LogP contribution >= 0.6 is 11.3 Å². The second-order valence-corrected chi connectivity index (χ2v) is 7.12. The lowest BCUT2D eigenvalue weighted by Gasteiger charge is -2.26. The van der Waals surface area contributed by atoms with E-state index in [4.69, 9.17) is 0 Å². The third-order valence-corrected chi connectivity index (χ3v) is 4.96. The summed E-state index contributed by atoms with van der Waals surface area (Å²) in [4.78, 5) is 17.6. The van der Waals surface area contributed by atoms with Gasteiger partial charge in [-0.1, -0.05) is 12.1 Å². The van der Waals surface area contributed by atoms with Gasteiger partial charge in [0.05, 0.1) is 0 Å². The molecule has 1 aliphatic rings. The van der Waals surface area contributed by atoms with Gasteiger partial charge < -0.3 is 10.6 Å². The van der Waals surface area contributed by atoms with Crippen LogP contribution in [0.25, 0.3) is 0 Å². The molecule has 0 spiro atoms. The van der Waals surface area contributed by atoms with Gasteiger partial charge in [0.1, 0.15) is 5.82 Å². The van der Waals surface area contributed by atoms with Gasteiger partial charge >= 0.3 is 0 Å². The normalized spacial score (nSPS) is 21.1. The van der Waals surface area contributed by atoms with Crippen molar-refractivity contribution in [2.45, 2.75) is 32.2 Å². The first kappa shape index (κ1) is 16.1. The molecule has 1 amide bonds. The number of aromatic nitrogens is 1. The molecule has 6 heteroatoms. The number of nitrogens with one attached hydrogen (secondary N) is 2. The Hall–Kier alpha value is -1.79. The fourth-order valence-corrected chi connectivity index (χ4v) is 3.72. The topological polar surface area (TPSA) is 54.0 Å². The molecule has 4 nitrogen and oxygen atoms in total. The van der Waals surface area contributed by atoms with Crippen LogP contribution in [0.2, 0.25) is 0 Å². The Balaban J connectivity index is 1.59. The van der Waals surface area contributed by atoms with Gasteiger partial charge in [0, 0.05) is 29.5 Å². The molecule has 1 saturated heterocycles. The van der Waals surface area contributed by atoms with E-state index in [1.165, 1.54) is 23.5 Å². The number of thiazole rings is 1. The SMILES string of the molecule is C[C@H]1C[C@@H](C(=O)Nc2ncc(Cc3cccc(F)c3)s2)CCN1. The van der Waals surface area contributed by atoms with E-state index in [0.29, 0.717) is 17.6 Å². The molecule has 3 rings (SSSR count). The standard InChI is InChI=1S/C17H20FN3OS/c1-11-7-13(5-6-19-11)16(22)21-17-20-10-15(23-17)9-12-3-2-4-14(18)8-12/h2-4,8,10-11,13,19H,5-7,9H2,1H3,(H,20,21,22)/t11-,13-/m0/s1. The van der Waals surface area contributed by atoms with Gasteiger partial charge in [0.15, 0.2) is 5.13 Å². The summed E-state index contributed by atoms with van der Waals surface area (Å²) in [6.45, 7) is 2.97. The monoisotopic (exact) mass is 333 g/mol. The number of piperidine rings is 1. The predicted octanol–water partition coefficient (Wildman–Crippen LogP) is 3.20. The van der Waals surface area contributed by atoms with Gasteiger partial charge in [-0.15, -0.1) is 11.3 Å². The molecule has 0 bridgehead atoms. The van der Waals surface area contributed by atoms with Crippen LogP contribution in [0.15, 0.2) is 30.5 Å². The molecule has 0 saturated carbocycles. The number of anilines is 1. The highest BCUT2D eigenvalue weighted by molar-refractivity contribution is 7.15. The lowest BCUT2D eigenvalue weighted by molar-refractivity contribution is -0.120. The van der Waals surface area contributed by atoms with Crippen molar-refractivity contribution in [1.29, 1.82) is 0 Å². The average molecular weight is 333 g/mol. The Morgan fingerprint density at radius 1 is 1.52 bits per heavy atom. The van der Waals surface area contributed by atoms with Crippen LogP contribution in [0.4, 0.5) is 9.52 Å². The summed E-state index contributed by atoms with van der Waals surface area (Å²) in [6.07, 6.45) is 4.08. The highest BCUT2D eigenvalue weighted by Crippen LogP contribution is 2.24. The zero-order chi connectivity index (χ0) is 16.2. The minimum absolute atomic E-state index is 0.0434. The van der Waals surface area contributed by atoms with Crippen LogP contribution in [0.1, 0.15) is 30.2 Å². The minimum Gasteiger partial charge on any atom is -0.314 e. The molecule has 1 aliphatic heterocycles. The third-order valence-electron chi connectivity index (χ3n) is 4.05. The first-order chi connectivity index (χ1) is 11.1. The number of carbonyl (C=O) groups excluding carboxylic acids is 1. The zero-order valence-electron chi connectivity index (χ0n) is 13.0. The first-order valence-electron chi connectivity index (χ1n) is 7.83.